The van der Waals surface area contributed by atoms with Gasteiger partial charge in [0.2, 0.25) is 0 Å². The Bertz CT molecular complexity index is 1040. The second-order valence-corrected chi connectivity index (χ2v) is 9.16. The first-order valence-corrected chi connectivity index (χ1v) is 11.5. The minimum absolute atomic E-state index is 0.0318. The molecule has 0 saturated carbocycles. The topological polar surface area (TPSA) is 87.7 Å². The second-order valence-electron chi connectivity index (χ2n) is 8.34. The summed E-state index contributed by atoms with van der Waals surface area (Å²) in [4.78, 5) is 24.6. The van der Waals surface area contributed by atoms with Gasteiger partial charge in [-0.1, -0.05) is 101 Å². The summed E-state index contributed by atoms with van der Waals surface area (Å²) in [6.45, 7) is 7.48. The maximum absolute atomic E-state index is 12.2. The summed E-state index contributed by atoms with van der Waals surface area (Å²) < 4.78 is 4.92. The highest BCUT2D eigenvalue weighted by molar-refractivity contribution is 7.81. The molecule has 176 valence electrons. The van der Waals surface area contributed by atoms with Gasteiger partial charge in [0.05, 0.1) is 7.11 Å². The summed E-state index contributed by atoms with van der Waals surface area (Å²) in [5, 5.41) is 15.7. The predicted octanol–water partition coefficient (Wildman–Crippen LogP) is 4.19. The van der Waals surface area contributed by atoms with Crippen LogP contribution in [0, 0.1) is 11.8 Å². The van der Waals surface area contributed by atoms with Crippen molar-refractivity contribution in [1.29, 1.82) is 0 Å². The lowest BCUT2D eigenvalue weighted by molar-refractivity contribution is -0.144. The first kappa shape index (κ1) is 26.4. The number of methoxy groups -OCH3 is 1. The smallest absolute Gasteiger partial charge is 0.328 e. The minimum atomic E-state index is -0.960. The minimum Gasteiger partial charge on any atom is -0.480 e. The third kappa shape index (κ3) is 6.58. The summed E-state index contributed by atoms with van der Waals surface area (Å²) in [7, 11) is 1.35. The van der Waals surface area contributed by atoms with Gasteiger partial charge >= 0.3 is 11.9 Å². The summed E-state index contributed by atoms with van der Waals surface area (Å²) in [6.07, 6.45) is 0. The van der Waals surface area contributed by atoms with Crippen molar-refractivity contribution in [3.8, 4) is 11.1 Å². The van der Waals surface area contributed by atoms with E-state index in [1.165, 1.54) is 7.11 Å². The number of aliphatic carboxylic acids is 1. The van der Waals surface area contributed by atoms with Gasteiger partial charge in [-0.2, -0.15) is 0 Å². The van der Waals surface area contributed by atoms with E-state index in [1.807, 2.05) is 76.2 Å². The first-order chi connectivity index (χ1) is 15.6. The van der Waals surface area contributed by atoms with Gasteiger partial charge in [-0.25, -0.2) is 9.59 Å². The van der Waals surface area contributed by atoms with Gasteiger partial charge in [-0.15, -0.1) is 0 Å². The van der Waals surface area contributed by atoms with E-state index in [2.05, 4.69) is 10.6 Å². The monoisotopic (exact) mass is 486 g/mol. The fourth-order valence-corrected chi connectivity index (χ4v) is 4.02. The van der Waals surface area contributed by atoms with Crippen LogP contribution in [0.4, 0.5) is 0 Å². The molecule has 2 aromatic carbocycles. The third-order valence-corrected chi connectivity index (χ3v) is 5.94. The summed E-state index contributed by atoms with van der Waals surface area (Å²) in [6, 6.07) is 13.7. The number of ether oxygens (including phenoxy) is 1. The Morgan fingerprint density at radius 3 is 1.55 bits per heavy atom. The lowest BCUT2D eigenvalue weighted by atomic mass is 9.94. The molecule has 2 aromatic rings. The molecule has 0 bridgehead atoms. The average Bonchev–Trinajstić information content (AvgIpc) is 2.79. The van der Waals surface area contributed by atoms with Crippen molar-refractivity contribution in [2.75, 3.05) is 7.11 Å². The van der Waals surface area contributed by atoms with Crippen LogP contribution >= 0.6 is 24.4 Å². The van der Waals surface area contributed by atoms with Gasteiger partial charge in [0, 0.05) is 11.1 Å². The van der Waals surface area contributed by atoms with Crippen molar-refractivity contribution in [1.82, 2.24) is 10.6 Å². The van der Waals surface area contributed by atoms with E-state index < -0.39 is 18.1 Å². The van der Waals surface area contributed by atoms with Crippen LogP contribution in [0.3, 0.4) is 0 Å². The molecule has 0 aliphatic rings. The van der Waals surface area contributed by atoms with Gasteiger partial charge in [-0.3, -0.25) is 0 Å². The normalized spacial score (nSPS) is 12.7. The molecule has 3 N–H and O–H groups in total. The number of hydrogen-bond donors (Lipinski definition) is 3. The van der Waals surface area contributed by atoms with Crippen molar-refractivity contribution in [3.63, 3.8) is 0 Å². The van der Waals surface area contributed by atoms with Crippen LogP contribution in [0.25, 0.3) is 11.1 Å². The molecular formula is C25H30N2O4S2. The zero-order valence-electron chi connectivity index (χ0n) is 19.4. The summed E-state index contributed by atoms with van der Waals surface area (Å²) in [5.41, 5.74) is 3.05. The molecule has 0 aliphatic carbocycles. The quantitative estimate of drug-likeness (QED) is 0.359. The van der Waals surface area contributed by atoms with Gasteiger partial charge in [-0.05, 0) is 23.0 Å². The fourth-order valence-electron chi connectivity index (χ4n) is 3.41. The number of nitrogens with one attached hydrogen (secondary N) is 2. The first-order valence-electron chi connectivity index (χ1n) is 10.7. The maximum atomic E-state index is 12.2. The maximum Gasteiger partial charge on any atom is 0.328 e. The zero-order chi connectivity index (χ0) is 24.7. The van der Waals surface area contributed by atoms with Crippen LogP contribution in [0.1, 0.15) is 38.8 Å². The van der Waals surface area contributed by atoms with Crippen molar-refractivity contribution >= 4 is 46.4 Å². The van der Waals surface area contributed by atoms with Crippen LogP contribution in [-0.4, -0.2) is 46.2 Å². The molecule has 2 atom stereocenters. The van der Waals surface area contributed by atoms with Gasteiger partial charge < -0.3 is 20.5 Å². The second kappa shape index (κ2) is 11.9. The number of benzene rings is 2. The van der Waals surface area contributed by atoms with Crippen LogP contribution < -0.4 is 10.6 Å². The Morgan fingerprint density at radius 1 is 0.788 bits per heavy atom. The molecule has 0 fully saturated rings. The number of esters is 1. The average molecular weight is 487 g/mol. The highest BCUT2D eigenvalue weighted by Crippen LogP contribution is 2.28. The largest absolute Gasteiger partial charge is 0.480 e. The van der Waals surface area contributed by atoms with E-state index in [4.69, 9.17) is 29.2 Å². The zero-order valence-corrected chi connectivity index (χ0v) is 21.0. The van der Waals surface area contributed by atoms with Crippen LogP contribution in [0.15, 0.2) is 48.5 Å². The Labute approximate surface area is 205 Å². The number of thiocarbonyl (C=S) groups is 2. The molecule has 0 aromatic heterocycles. The van der Waals surface area contributed by atoms with E-state index in [9.17, 15) is 14.7 Å². The molecule has 0 spiro atoms. The third-order valence-electron chi connectivity index (χ3n) is 5.26. The van der Waals surface area contributed by atoms with Crippen molar-refractivity contribution in [2.45, 2.75) is 39.8 Å². The number of carboxylic acid groups (broad SMARTS) is 1. The molecule has 0 radical (unpaired) electrons. The molecule has 6 nitrogen and oxygen atoms in total. The van der Waals surface area contributed by atoms with Crippen molar-refractivity contribution in [3.05, 3.63) is 59.7 Å². The van der Waals surface area contributed by atoms with Gasteiger partial charge in [0.1, 0.15) is 22.1 Å². The predicted molar refractivity (Wildman–Crippen MR) is 138 cm³/mol. The number of hydrogen-bond acceptors (Lipinski definition) is 5. The number of carboxylic acids is 1. The van der Waals surface area contributed by atoms with Crippen LogP contribution in [0.5, 0.6) is 0 Å². The summed E-state index contributed by atoms with van der Waals surface area (Å²) in [5.74, 6) is -1.53. The Kier molecular flexibility index (Phi) is 9.49. The molecule has 8 heteroatoms. The number of rotatable bonds is 9. The summed E-state index contributed by atoms with van der Waals surface area (Å²) >= 11 is 11.3. The number of carbonyl (C=O) groups is 2. The Morgan fingerprint density at radius 2 is 1.18 bits per heavy atom. The standard InChI is InChI=1S/C25H30N2O4S2/c1-14(2)20(24(28)29)26-22(32)18-12-8-6-10-16(18)17-11-7-9-13-19(17)23(33)27-21(15(3)4)25(30)31-5/h6-15,20-21H,1-5H3,(H,26,32)(H,27,33)(H,28,29)/t20-,21?/m0/s1. The van der Waals surface area contributed by atoms with Gasteiger partial charge in [0.25, 0.3) is 0 Å². The molecule has 0 heterocycles. The highest BCUT2D eigenvalue weighted by Gasteiger charge is 2.26. The van der Waals surface area contributed by atoms with Crippen molar-refractivity contribution in [2.24, 2.45) is 11.8 Å². The molecular weight excluding hydrogens is 456 g/mol. The van der Waals surface area contributed by atoms with E-state index in [0.717, 1.165) is 16.7 Å². The molecule has 0 saturated heterocycles. The van der Waals surface area contributed by atoms with E-state index >= 15 is 0 Å². The van der Waals surface area contributed by atoms with E-state index in [0.29, 0.717) is 15.5 Å². The van der Waals surface area contributed by atoms with E-state index in [-0.39, 0.29) is 17.8 Å². The van der Waals surface area contributed by atoms with Gasteiger partial charge in [0.15, 0.2) is 0 Å². The lowest BCUT2D eigenvalue weighted by Gasteiger charge is -2.23. The Hall–Kier alpha value is -2.84. The fraction of sp³-hybridized carbons (Fsp3) is 0.360. The molecule has 0 aliphatic heterocycles. The molecule has 33 heavy (non-hydrogen) atoms. The lowest BCUT2D eigenvalue weighted by Crippen LogP contribution is -2.44. The number of carbonyl (C=O) groups excluding carboxylic acids is 1. The Balaban J connectivity index is 2.46. The molecule has 1 unspecified atom stereocenters. The molecule has 2 rings (SSSR count). The van der Waals surface area contributed by atoms with Crippen LogP contribution in [-0.2, 0) is 14.3 Å². The van der Waals surface area contributed by atoms with Crippen molar-refractivity contribution < 1.29 is 19.4 Å². The van der Waals surface area contributed by atoms with Crippen LogP contribution in [0.2, 0.25) is 0 Å². The SMILES string of the molecule is COC(=O)C(NC(=S)c1ccccc1-c1ccccc1C(=S)N[C@H](C(=O)O)C(C)C)C(C)C. The molecule has 0 amide bonds. The van der Waals surface area contributed by atoms with E-state index in [1.54, 1.807) is 0 Å². The highest BCUT2D eigenvalue weighted by atomic mass is 32.1.